The molecule has 1 fully saturated rings. The van der Waals surface area contributed by atoms with Gasteiger partial charge >= 0.3 is 5.97 Å². The van der Waals surface area contributed by atoms with E-state index in [1.54, 1.807) is 24.3 Å². The molecule has 4 rings (SSSR count). The average Bonchev–Trinajstić information content (AvgIpc) is 2.84. The standard InChI is InChI=1S/C24H24N4O3/c1-31-24(30)19-11-5-6-12-21(19)25-23(29)18-10-7-15-28(16-18)22-14-13-20(26-27-22)17-8-3-2-4-9-17/h2-6,8-9,11-14,18H,7,10,15-16H2,1H3,(H,25,29)/t18-/m0/s1. The molecule has 1 N–H and O–H groups in total. The number of methoxy groups -OCH3 is 1. The molecule has 1 aliphatic rings. The molecule has 1 atom stereocenters. The highest BCUT2D eigenvalue weighted by molar-refractivity contribution is 6.02. The number of benzene rings is 2. The summed E-state index contributed by atoms with van der Waals surface area (Å²) >= 11 is 0. The lowest BCUT2D eigenvalue weighted by molar-refractivity contribution is -0.120. The number of aromatic nitrogens is 2. The van der Waals surface area contributed by atoms with Gasteiger partial charge in [-0.25, -0.2) is 4.79 Å². The van der Waals surface area contributed by atoms with E-state index in [0.29, 0.717) is 17.8 Å². The molecule has 158 valence electrons. The van der Waals surface area contributed by atoms with Crippen LogP contribution in [0.1, 0.15) is 23.2 Å². The fourth-order valence-corrected chi connectivity index (χ4v) is 3.77. The van der Waals surface area contributed by atoms with Crippen molar-refractivity contribution in [2.75, 3.05) is 30.4 Å². The first-order valence-electron chi connectivity index (χ1n) is 10.3. The summed E-state index contributed by atoms with van der Waals surface area (Å²) in [6.07, 6.45) is 1.65. The highest BCUT2D eigenvalue weighted by Gasteiger charge is 2.27. The Labute approximate surface area is 181 Å². The highest BCUT2D eigenvalue weighted by atomic mass is 16.5. The van der Waals surface area contributed by atoms with Crippen LogP contribution in [0.25, 0.3) is 11.3 Å². The quantitative estimate of drug-likeness (QED) is 0.637. The Bertz CT molecular complexity index is 1050. The van der Waals surface area contributed by atoms with E-state index in [0.717, 1.165) is 36.5 Å². The van der Waals surface area contributed by atoms with Gasteiger partial charge in [-0.15, -0.1) is 10.2 Å². The summed E-state index contributed by atoms with van der Waals surface area (Å²) in [5, 5.41) is 11.6. The van der Waals surface area contributed by atoms with E-state index < -0.39 is 5.97 Å². The second-order valence-electron chi connectivity index (χ2n) is 7.45. The minimum atomic E-state index is -0.477. The molecule has 0 aliphatic carbocycles. The van der Waals surface area contributed by atoms with Gasteiger partial charge in [-0.1, -0.05) is 42.5 Å². The van der Waals surface area contributed by atoms with Crippen LogP contribution in [-0.4, -0.2) is 42.3 Å². The Morgan fingerprint density at radius 1 is 1.00 bits per heavy atom. The molecule has 0 bridgehead atoms. The van der Waals surface area contributed by atoms with E-state index in [1.165, 1.54) is 7.11 Å². The summed E-state index contributed by atoms with van der Waals surface area (Å²) in [6, 6.07) is 20.7. The first kappa shape index (κ1) is 20.5. The van der Waals surface area contributed by atoms with Crippen LogP contribution in [0.4, 0.5) is 11.5 Å². The Balaban J connectivity index is 1.44. The van der Waals surface area contributed by atoms with E-state index in [4.69, 9.17) is 4.74 Å². The Morgan fingerprint density at radius 2 is 1.77 bits per heavy atom. The van der Waals surface area contributed by atoms with Gasteiger partial charge in [-0.05, 0) is 37.1 Å². The van der Waals surface area contributed by atoms with Crippen molar-refractivity contribution in [2.24, 2.45) is 5.92 Å². The van der Waals surface area contributed by atoms with E-state index in [1.807, 2.05) is 42.5 Å². The predicted molar refractivity (Wildman–Crippen MR) is 119 cm³/mol. The molecule has 0 unspecified atom stereocenters. The second kappa shape index (κ2) is 9.38. The van der Waals surface area contributed by atoms with Crippen LogP contribution in [0.3, 0.4) is 0 Å². The third-order valence-electron chi connectivity index (χ3n) is 5.43. The summed E-state index contributed by atoms with van der Waals surface area (Å²) in [6.45, 7) is 1.37. The number of hydrogen-bond acceptors (Lipinski definition) is 6. The number of carbonyl (C=O) groups excluding carboxylic acids is 2. The first-order valence-corrected chi connectivity index (χ1v) is 10.3. The van der Waals surface area contributed by atoms with Crippen molar-refractivity contribution in [1.29, 1.82) is 0 Å². The molecule has 1 amide bonds. The van der Waals surface area contributed by atoms with Gasteiger partial charge in [-0.3, -0.25) is 4.79 Å². The van der Waals surface area contributed by atoms with Gasteiger partial charge in [0, 0.05) is 18.7 Å². The van der Waals surface area contributed by atoms with Gasteiger partial charge in [0.2, 0.25) is 5.91 Å². The third kappa shape index (κ3) is 4.71. The smallest absolute Gasteiger partial charge is 0.339 e. The monoisotopic (exact) mass is 416 g/mol. The maximum Gasteiger partial charge on any atom is 0.339 e. The van der Waals surface area contributed by atoms with Gasteiger partial charge in [0.1, 0.15) is 0 Å². The van der Waals surface area contributed by atoms with Crippen LogP contribution in [0.5, 0.6) is 0 Å². The molecular formula is C24H24N4O3. The molecule has 31 heavy (non-hydrogen) atoms. The lowest BCUT2D eigenvalue weighted by Gasteiger charge is -2.32. The van der Waals surface area contributed by atoms with E-state index in [2.05, 4.69) is 20.4 Å². The van der Waals surface area contributed by atoms with E-state index >= 15 is 0 Å². The number of carbonyl (C=O) groups is 2. The fraction of sp³-hybridized carbons (Fsp3) is 0.250. The largest absolute Gasteiger partial charge is 0.465 e. The van der Waals surface area contributed by atoms with Crippen LogP contribution >= 0.6 is 0 Å². The molecule has 1 aromatic heterocycles. The molecule has 7 heteroatoms. The molecule has 2 aromatic carbocycles. The highest BCUT2D eigenvalue weighted by Crippen LogP contribution is 2.25. The van der Waals surface area contributed by atoms with Crippen LogP contribution in [0.15, 0.2) is 66.7 Å². The van der Waals surface area contributed by atoms with Gasteiger partial charge in [-0.2, -0.15) is 0 Å². The number of esters is 1. The number of piperidine rings is 1. The number of nitrogens with one attached hydrogen (secondary N) is 1. The van der Waals surface area contributed by atoms with Crippen LogP contribution < -0.4 is 10.2 Å². The first-order chi connectivity index (χ1) is 15.2. The van der Waals surface area contributed by atoms with Crippen molar-refractivity contribution >= 4 is 23.4 Å². The predicted octanol–water partition coefficient (Wildman–Crippen LogP) is 3.79. The van der Waals surface area contributed by atoms with Gasteiger partial charge in [0.15, 0.2) is 5.82 Å². The Kier molecular flexibility index (Phi) is 6.21. The number of amides is 1. The zero-order valence-corrected chi connectivity index (χ0v) is 17.3. The average molecular weight is 416 g/mol. The number of para-hydroxylation sites is 1. The molecule has 2 heterocycles. The zero-order valence-electron chi connectivity index (χ0n) is 17.3. The van der Waals surface area contributed by atoms with Gasteiger partial charge < -0.3 is 15.0 Å². The lowest BCUT2D eigenvalue weighted by Crippen LogP contribution is -2.41. The van der Waals surface area contributed by atoms with Gasteiger partial charge in [0.05, 0.1) is 30.0 Å². The number of nitrogens with zero attached hydrogens (tertiary/aromatic N) is 3. The van der Waals surface area contributed by atoms with Crippen molar-refractivity contribution in [1.82, 2.24) is 10.2 Å². The van der Waals surface area contributed by atoms with Crippen molar-refractivity contribution in [2.45, 2.75) is 12.8 Å². The summed E-state index contributed by atoms with van der Waals surface area (Å²) in [4.78, 5) is 27.0. The summed E-state index contributed by atoms with van der Waals surface area (Å²) in [5.41, 5.74) is 2.63. The SMILES string of the molecule is COC(=O)c1ccccc1NC(=O)[C@H]1CCCN(c2ccc(-c3ccccc3)nn2)C1. The summed E-state index contributed by atoms with van der Waals surface area (Å²) < 4.78 is 4.81. The van der Waals surface area contributed by atoms with Crippen molar-refractivity contribution in [3.63, 3.8) is 0 Å². The maximum absolute atomic E-state index is 12.9. The number of ether oxygens (including phenoxy) is 1. The summed E-state index contributed by atoms with van der Waals surface area (Å²) in [7, 11) is 1.32. The molecule has 0 spiro atoms. The minimum Gasteiger partial charge on any atom is -0.465 e. The van der Waals surface area contributed by atoms with E-state index in [9.17, 15) is 9.59 Å². The molecular weight excluding hydrogens is 392 g/mol. The summed E-state index contributed by atoms with van der Waals surface area (Å²) in [5.74, 6) is -0.0490. The Morgan fingerprint density at radius 3 is 2.52 bits per heavy atom. The molecule has 0 radical (unpaired) electrons. The second-order valence-corrected chi connectivity index (χ2v) is 7.45. The van der Waals surface area contributed by atoms with Crippen molar-refractivity contribution < 1.29 is 14.3 Å². The Hall–Kier alpha value is -3.74. The third-order valence-corrected chi connectivity index (χ3v) is 5.43. The molecule has 3 aromatic rings. The maximum atomic E-state index is 12.9. The number of rotatable bonds is 5. The molecule has 1 aliphatic heterocycles. The number of hydrogen-bond donors (Lipinski definition) is 1. The molecule has 7 nitrogen and oxygen atoms in total. The zero-order chi connectivity index (χ0) is 21.6. The topological polar surface area (TPSA) is 84.4 Å². The van der Waals surface area contributed by atoms with E-state index in [-0.39, 0.29) is 11.8 Å². The molecule has 1 saturated heterocycles. The number of anilines is 2. The molecule has 0 saturated carbocycles. The van der Waals surface area contributed by atoms with Crippen molar-refractivity contribution in [3.8, 4) is 11.3 Å². The normalized spacial score (nSPS) is 15.9. The van der Waals surface area contributed by atoms with Crippen LogP contribution in [0, 0.1) is 5.92 Å². The minimum absolute atomic E-state index is 0.116. The van der Waals surface area contributed by atoms with Crippen LogP contribution in [-0.2, 0) is 9.53 Å². The van der Waals surface area contributed by atoms with Crippen molar-refractivity contribution in [3.05, 3.63) is 72.3 Å². The van der Waals surface area contributed by atoms with Crippen LogP contribution in [0.2, 0.25) is 0 Å². The van der Waals surface area contributed by atoms with Gasteiger partial charge in [0.25, 0.3) is 0 Å². The fourth-order valence-electron chi connectivity index (χ4n) is 3.77. The lowest BCUT2D eigenvalue weighted by atomic mass is 9.96.